The summed E-state index contributed by atoms with van der Waals surface area (Å²) < 4.78 is 0. The molecule has 0 aliphatic heterocycles. The van der Waals surface area contributed by atoms with Crippen LogP contribution < -0.4 is 0 Å². The van der Waals surface area contributed by atoms with Crippen LogP contribution in [0.3, 0.4) is 0 Å². The fourth-order valence-corrected chi connectivity index (χ4v) is 0.984. The van der Waals surface area contributed by atoms with E-state index in [-0.39, 0.29) is 5.70 Å². The third kappa shape index (κ3) is 1.50. The first-order valence-electron chi connectivity index (χ1n) is 3.54. The van der Waals surface area contributed by atoms with Gasteiger partial charge in [0.2, 0.25) is 17.6 Å². The second-order valence-electron chi connectivity index (χ2n) is 2.61. The van der Waals surface area contributed by atoms with Crippen molar-refractivity contribution in [2.45, 2.75) is 6.92 Å². The highest BCUT2D eigenvalue weighted by Crippen LogP contribution is 2.23. The van der Waals surface area contributed by atoms with Crippen molar-refractivity contribution >= 4 is 11.9 Å². The van der Waals surface area contributed by atoms with Crippen LogP contribution in [0.4, 0.5) is 0 Å². The molecule has 5 heteroatoms. The molecule has 1 rings (SSSR count). The average molecular weight is 181 g/mol. The van der Waals surface area contributed by atoms with Gasteiger partial charge in [-0.05, 0) is 6.08 Å². The van der Waals surface area contributed by atoms with Gasteiger partial charge >= 0.3 is 0 Å². The van der Waals surface area contributed by atoms with Crippen molar-refractivity contribution in [2.75, 3.05) is 0 Å². The molecule has 0 aromatic rings. The molecule has 0 aromatic carbocycles. The number of nitrogens with zero attached hydrogens (tertiary/aromatic N) is 1. The smallest absolute Gasteiger partial charge is 0.240 e. The minimum absolute atomic E-state index is 0.125. The summed E-state index contributed by atoms with van der Waals surface area (Å²) in [7, 11) is 0. The lowest BCUT2D eigenvalue weighted by Crippen LogP contribution is -2.18. The molecule has 68 valence electrons. The van der Waals surface area contributed by atoms with Crippen molar-refractivity contribution in [3.05, 3.63) is 23.3 Å². The van der Waals surface area contributed by atoms with Crippen molar-refractivity contribution in [1.82, 2.24) is 0 Å². The zero-order valence-electron chi connectivity index (χ0n) is 6.81. The van der Waals surface area contributed by atoms with Gasteiger partial charge in [-0.25, -0.2) is 4.79 Å². The molecular weight excluding hydrogens is 174 g/mol. The van der Waals surface area contributed by atoms with Gasteiger partial charge in [-0.1, -0.05) is 6.92 Å². The number of Topliss-reactive ketones (excluding diaryl/α,β-unsaturated/α-hetero) is 1. The summed E-state index contributed by atoms with van der Waals surface area (Å²) in [4.78, 5) is 24.0. The molecule has 0 saturated carbocycles. The summed E-state index contributed by atoms with van der Waals surface area (Å²) in [6.45, 7) is 1.52. The van der Waals surface area contributed by atoms with Crippen LogP contribution in [0.2, 0.25) is 0 Å². The number of rotatable bonds is 1. The maximum absolute atomic E-state index is 11.0. The molecule has 0 fully saturated rings. The summed E-state index contributed by atoms with van der Waals surface area (Å²) >= 11 is 0. The number of carbonyl (C=O) groups excluding carboxylic acids is 2. The number of hydrogen-bond donors (Lipinski definition) is 2. The zero-order valence-corrected chi connectivity index (χ0v) is 6.81. The molecule has 1 atom stereocenters. The van der Waals surface area contributed by atoms with E-state index in [4.69, 9.17) is 10.2 Å². The summed E-state index contributed by atoms with van der Waals surface area (Å²) in [5.74, 6) is -2.62. The van der Waals surface area contributed by atoms with Gasteiger partial charge in [0.05, 0.1) is 0 Å². The van der Waals surface area contributed by atoms with Crippen LogP contribution in [0.25, 0.3) is 0 Å². The summed E-state index contributed by atoms with van der Waals surface area (Å²) in [6.07, 6.45) is 2.49. The molecule has 0 bridgehead atoms. The molecule has 0 radical (unpaired) electrons. The van der Waals surface area contributed by atoms with E-state index < -0.39 is 23.2 Å². The third-order valence-electron chi connectivity index (χ3n) is 1.69. The van der Waals surface area contributed by atoms with E-state index >= 15 is 0 Å². The molecule has 1 unspecified atom stereocenters. The Morgan fingerprint density at radius 3 is 2.62 bits per heavy atom. The lowest BCUT2D eigenvalue weighted by molar-refractivity contribution is -0.120. The Labute approximate surface area is 73.7 Å². The Kier molecular flexibility index (Phi) is 2.30. The highest BCUT2D eigenvalue weighted by atomic mass is 16.3. The first-order valence-corrected chi connectivity index (χ1v) is 3.54. The molecular formula is C8H7NO4. The number of isocyanates is 1. The average Bonchev–Trinajstić information content (AvgIpc) is 2.11. The molecule has 0 spiro atoms. The van der Waals surface area contributed by atoms with Crippen LogP contribution in [0.15, 0.2) is 28.3 Å². The second kappa shape index (κ2) is 3.25. The first-order chi connectivity index (χ1) is 6.07. The standard InChI is InChI=1S/C8H7NO4/c1-4-2-5(9-3-10)7(12)8(13)6(4)11/h2,4,12-13H,1H3. The third-order valence-corrected chi connectivity index (χ3v) is 1.69. The molecule has 1 aliphatic rings. The van der Waals surface area contributed by atoms with E-state index in [9.17, 15) is 9.59 Å². The van der Waals surface area contributed by atoms with Crippen LogP contribution >= 0.6 is 0 Å². The minimum Gasteiger partial charge on any atom is -0.503 e. The molecule has 0 aromatic heterocycles. The van der Waals surface area contributed by atoms with Gasteiger partial charge in [0.25, 0.3) is 0 Å². The number of aliphatic hydroxyl groups excluding tert-OH is 2. The maximum atomic E-state index is 11.0. The molecule has 5 nitrogen and oxygen atoms in total. The lowest BCUT2D eigenvalue weighted by Gasteiger charge is -2.13. The fraction of sp³-hybridized carbons (Fsp3) is 0.250. The maximum Gasteiger partial charge on any atom is 0.240 e. The largest absolute Gasteiger partial charge is 0.503 e. The number of carbonyl (C=O) groups is 1. The number of aliphatic hydroxyl groups is 2. The van der Waals surface area contributed by atoms with Gasteiger partial charge in [0.15, 0.2) is 5.76 Å². The molecule has 0 amide bonds. The van der Waals surface area contributed by atoms with Gasteiger partial charge in [-0.15, -0.1) is 0 Å². The summed E-state index contributed by atoms with van der Waals surface area (Å²) in [5, 5.41) is 18.2. The summed E-state index contributed by atoms with van der Waals surface area (Å²) in [5.41, 5.74) is -0.125. The van der Waals surface area contributed by atoms with Crippen molar-refractivity contribution in [1.29, 1.82) is 0 Å². The van der Waals surface area contributed by atoms with Gasteiger partial charge in [-0.3, -0.25) is 4.79 Å². The Hall–Kier alpha value is -1.87. The van der Waals surface area contributed by atoms with Crippen LogP contribution in [0.5, 0.6) is 0 Å². The number of ketones is 1. The minimum atomic E-state index is -0.760. The van der Waals surface area contributed by atoms with Crippen LogP contribution in [-0.2, 0) is 9.59 Å². The van der Waals surface area contributed by atoms with E-state index in [1.165, 1.54) is 19.1 Å². The Bertz CT molecular complexity index is 360. The Balaban J connectivity index is 3.20. The van der Waals surface area contributed by atoms with Crippen LogP contribution in [-0.4, -0.2) is 22.1 Å². The van der Waals surface area contributed by atoms with E-state index in [0.29, 0.717) is 0 Å². The second-order valence-corrected chi connectivity index (χ2v) is 2.61. The summed E-state index contributed by atoms with van der Waals surface area (Å²) in [6, 6.07) is 0. The molecule has 13 heavy (non-hydrogen) atoms. The van der Waals surface area contributed by atoms with E-state index in [0.717, 1.165) is 0 Å². The highest BCUT2D eigenvalue weighted by molar-refractivity contribution is 5.98. The Morgan fingerprint density at radius 2 is 2.08 bits per heavy atom. The highest BCUT2D eigenvalue weighted by Gasteiger charge is 2.27. The van der Waals surface area contributed by atoms with Crippen LogP contribution in [0, 0.1) is 5.92 Å². The monoisotopic (exact) mass is 181 g/mol. The van der Waals surface area contributed by atoms with Crippen LogP contribution in [0.1, 0.15) is 6.92 Å². The molecule has 0 saturated heterocycles. The number of hydrogen-bond acceptors (Lipinski definition) is 5. The predicted octanol–water partition coefficient (Wildman–Crippen LogP) is 0.752. The lowest BCUT2D eigenvalue weighted by atomic mass is 9.97. The topological polar surface area (TPSA) is 87.0 Å². The number of aliphatic imine (C=N–C) groups is 1. The van der Waals surface area contributed by atoms with Crippen molar-refractivity contribution in [3.8, 4) is 0 Å². The predicted molar refractivity (Wildman–Crippen MR) is 42.7 cm³/mol. The SMILES string of the molecule is CC1C=C(N=C=O)C(O)=C(O)C1=O. The normalized spacial score (nSPS) is 22.4. The molecule has 0 heterocycles. The van der Waals surface area contributed by atoms with Gasteiger partial charge < -0.3 is 10.2 Å². The van der Waals surface area contributed by atoms with Gasteiger partial charge in [0.1, 0.15) is 5.70 Å². The zero-order chi connectivity index (χ0) is 10.0. The van der Waals surface area contributed by atoms with Crippen molar-refractivity contribution in [3.63, 3.8) is 0 Å². The van der Waals surface area contributed by atoms with Crippen molar-refractivity contribution in [2.24, 2.45) is 10.9 Å². The van der Waals surface area contributed by atoms with Crippen molar-refractivity contribution < 1.29 is 19.8 Å². The van der Waals surface area contributed by atoms with E-state index in [1.54, 1.807) is 0 Å². The van der Waals surface area contributed by atoms with Gasteiger partial charge in [0, 0.05) is 5.92 Å². The van der Waals surface area contributed by atoms with Gasteiger partial charge in [-0.2, -0.15) is 4.99 Å². The Morgan fingerprint density at radius 1 is 1.46 bits per heavy atom. The first kappa shape index (κ1) is 9.22. The van der Waals surface area contributed by atoms with E-state index in [2.05, 4.69) is 4.99 Å². The number of allylic oxidation sites excluding steroid dienone is 2. The molecule has 1 aliphatic carbocycles. The molecule has 2 N–H and O–H groups in total. The quantitative estimate of drug-likeness (QED) is 0.461. The van der Waals surface area contributed by atoms with E-state index in [1.807, 2.05) is 0 Å². The fourth-order valence-electron chi connectivity index (χ4n) is 0.984.